The van der Waals surface area contributed by atoms with Crippen molar-refractivity contribution in [3.63, 3.8) is 0 Å². The quantitative estimate of drug-likeness (QED) is 0.707. The van der Waals surface area contributed by atoms with Crippen LogP contribution in [-0.4, -0.2) is 20.3 Å². The lowest BCUT2D eigenvalue weighted by Crippen LogP contribution is -2.06. The molecule has 24 heavy (non-hydrogen) atoms. The first-order valence-electron chi connectivity index (χ1n) is 8.59. The van der Waals surface area contributed by atoms with Crippen molar-refractivity contribution in [2.75, 3.05) is 0 Å². The Morgan fingerprint density at radius 1 is 0.917 bits per heavy atom. The summed E-state index contributed by atoms with van der Waals surface area (Å²) >= 11 is 0. The van der Waals surface area contributed by atoms with Gasteiger partial charge in [-0.1, -0.05) is 42.6 Å². The Morgan fingerprint density at radius 2 is 1.71 bits per heavy atom. The first-order valence-corrected chi connectivity index (χ1v) is 8.59. The smallest absolute Gasteiger partial charge is 0.247 e. The van der Waals surface area contributed by atoms with Gasteiger partial charge in [-0.2, -0.15) is 4.98 Å². The minimum absolute atomic E-state index is 0.462. The third-order valence-electron chi connectivity index (χ3n) is 4.49. The third-order valence-corrected chi connectivity index (χ3v) is 4.49. The van der Waals surface area contributed by atoms with E-state index in [1.807, 2.05) is 30.3 Å². The predicted octanol–water partition coefficient (Wildman–Crippen LogP) is 3.95. The normalized spacial score (nSPS) is 15.7. The fourth-order valence-electron chi connectivity index (χ4n) is 3.16. The van der Waals surface area contributed by atoms with E-state index in [2.05, 4.69) is 20.3 Å². The van der Waals surface area contributed by atoms with Gasteiger partial charge in [0, 0.05) is 24.3 Å². The highest BCUT2D eigenvalue weighted by molar-refractivity contribution is 5.51. The van der Waals surface area contributed by atoms with Crippen LogP contribution in [0.2, 0.25) is 0 Å². The first-order chi connectivity index (χ1) is 11.9. The molecule has 2 heterocycles. The zero-order valence-corrected chi connectivity index (χ0v) is 13.5. The molecule has 0 aliphatic heterocycles. The molecule has 0 radical (unpaired) electrons. The summed E-state index contributed by atoms with van der Waals surface area (Å²) in [5, 5.41) is 12.3. The van der Waals surface area contributed by atoms with Crippen LogP contribution in [-0.2, 0) is 12.8 Å². The average Bonchev–Trinajstić information content (AvgIpc) is 3.31. The van der Waals surface area contributed by atoms with E-state index < -0.39 is 0 Å². The fraction of sp³-hybridized carbons (Fsp3) is 0.444. The van der Waals surface area contributed by atoms with Crippen LogP contribution in [0.1, 0.15) is 55.6 Å². The van der Waals surface area contributed by atoms with Crippen molar-refractivity contribution < 1.29 is 8.94 Å². The molecule has 0 N–H and O–H groups in total. The molecule has 0 amide bonds. The van der Waals surface area contributed by atoms with Crippen LogP contribution in [0.15, 0.2) is 39.3 Å². The molecular weight excluding hydrogens is 304 g/mol. The number of hydrogen-bond acceptors (Lipinski definition) is 6. The van der Waals surface area contributed by atoms with Gasteiger partial charge in [-0.25, -0.2) is 0 Å². The van der Waals surface area contributed by atoms with Crippen molar-refractivity contribution >= 4 is 0 Å². The zero-order valence-electron chi connectivity index (χ0n) is 13.5. The summed E-state index contributed by atoms with van der Waals surface area (Å²) in [4.78, 5) is 4.55. The maximum absolute atomic E-state index is 5.70. The Labute approximate surface area is 140 Å². The molecule has 0 bridgehead atoms. The van der Waals surface area contributed by atoms with Gasteiger partial charge in [0.1, 0.15) is 0 Å². The number of aromatic nitrogens is 4. The largest absolute Gasteiger partial charge is 0.421 e. The highest BCUT2D eigenvalue weighted by Crippen LogP contribution is 2.30. The Hall–Kier alpha value is -2.50. The van der Waals surface area contributed by atoms with Gasteiger partial charge in [0.2, 0.25) is 17.7 Å². The molecule has 124 valence electrons. The molecule has 1 saturated carbocycles. The molecule has 1 aliphatic rings. The lowest BCUT2D eigenvalue weighted by Gasteiger charge is -2.17. The molecule has 0 saturated heterocycles. The molecule has 0 atom stereocenters. The molecular formula is C18H20N4O2. The predicted molar refractivity (Wildman–Crippen MR) is 87.3 cm³/mol. The Balaban J connectivity index is 1.37. The van der Waals surface area contributed by atoms with Gasteiger partial charge in [0.05, 0.1) is 0 Å². The SMILES string of the molecule is c1ccc(-c2nnc(CCc3nc(C4CCCCC4)no3)o2)cc1. The zero-order chi connectivity index (χ0) is 16.2. The minimum atomic E-state index is 0.462. The molecule has 1 aliphatic carbocycles. The first kappa shape index (κ1) is 15.1. The lowest BCUT2D eigenvalue weighted by atomic mass is 9.89. The average molecular weight is 324 g/mol. The second-order valence-corrected chi connectivity index (χ2v) is 6.25. The Kier molecular flexibility index (Phi) is 4.36. The van der Waals surface area contributed by atoms with Gasteiger partial charge in [0.25, 0.3) is 0 Å². The van der Waals surface area contributed by atoms with Gasteiger partial charge in [-0.15, -0.1) is 10.2 Å². The molecule has 6 nitrogen and oxygen atoms in total. The summed E-state index contributed by atoms with van der Waals surface area (Å²) in [7, 11) is 0. The van der Waals surface area contributed by atoms with Crippen molar-refractivity contribution in [1.82, 2.24) is 20.3 Å². The third kappa shape index (κ3) is 3.37. The summed E-state index contributed by atoms with van der Waals surface area (Å²) in [6.45, 7) is 0. The van der Waals surface area contributed by atoms with Gasteiger partial charge in [-0.3, -0.25) is 0 Å². The van der Waals surface area contributed by atoms with Crippen LogP contribution in [0, 0.1) is 0 Å². The Morgan fingerprint density at radius 3 is 2.54 bits per heavy atom. The van der Waals surface area contributed by atoms with Crippen molar-refractivity contribution in [3.8, 4) is 11.5 Å². The maximum atomic E-state index is 5.70. The summed E-state index contributed by atoms with van der Waals surface area (Å²) in [5.74, 6) is 3.10. The van der Waals surface area contributed by atoms with Crippen molar-refractivity contribution in [2.24, 2.45) is 0 Å². The van der Waals surface area contributed by atoms with Crippen LogP contribution < -0.4 is 0 Å². The van der Waals surface area contributed by atoms with Crippen LogP contribution in [0.4, 0.5) is 0 Å². The van der Waals surface area contributed by atoms with Gasteiger partial charge in [0.15, 0.2) is 5.82 Å². The van der Waals surface area contributed by atoms with Crippen molar-refractivity contribution in [2.45, 2.75) is 50.9 Å². The molecule has 6 heteroatoms. The molecule has 1 fully saturated rings. The fourth-order valence-corrected chi connectivity index (χ4v) is 3.16. The van der Waals surface area contributed by atoms with Crippen LogP contribution in [0.5, 0.6) is 0 Å². The highest BCUT2D eigenvalue weighted by Gasteiger charge is 2.21. The maximum Gasteiger partial charge on any atom is 0.247 e. The second kappa shape index (κ2) is 6.95. The van der Waals surface area contributed by atoms with Crippen LogP contribution >= 0.6 is 0 Å². The van der Waals surface area contributed by atoms with Crippen molar-refractivity contribution in [3.05, 3.63) is 47.9 Å². The van der Waals surface area contributed by atoms with Crippen LogP contribution in [0.25, 0.3) is 11.5 Å². The molecule has 2 aromatic heterocycles. The van der Waals surface area contributed by atoms with E-state index in [-0.39, 0.29) is 0 Å². The summed E-state index contributed by atoms with van der Waals surface area (Å²) < 4.78 is 11.1. The Bertz CT molecular complexity index is 775. The number of rotatable bonds is 5. The van der Waals surface area contributed by atoms with E-state index in [1.54, 1.807) is 0 Å². The molecule has 1 aromatic carbocycles. The molecule has 0 unspecified atom stereocenters. The highest BCUT2D eigenvalue weighted by atomic mass is 16.5. The van der Waals surface area contributed by atoms with Gasteiger partial charge < -0.3 is 8.94 Å². The number of aryl methyl sites for hydroxylation is 2. The van der Waals surface area contributed by atoms with E-state index in [0.717, 1.165) is 11.4 Å². The van der Waals surface area contributed by atoms with Gasteiger partial charge in [-0.05, 0) is 25.0 Å². The van der Waals surface area contributed by atoms with E-state index in [9.17, 15) is 0 Å². The number of benzene rings is 1. The lowest BCUT2D eigenvalue weighted by molar-refractivity contribution is 0.354. The van der Waals surface area contributed by atoms with Crippen molar-refractivity contribution in [1.29, 1.82) is 0 Å². The summed E-state index contributed by atoms with van der Waals surface area (Å²) in [6, 6.07) is 9.76. The minimum Gasteiger partial charge on any atom is -0.421 e. The molecule has 4 rings (SSSR count). The molecule has 0 spiro atoms. The van der Waals surface area contributed by atoms with E-state index in [4.69, 9.17) is 8.94 Å². The molecule has 3 aromatic rings. The number of nitrogens with zero attached hydrogens (tertiary/aromatic N) is 4. The summed E-state index contributed by atoms with van der Waals surface area (Å²) in [6.07, 6.45) is 7.41. The number of hydrogen-bond donors (Lipinski definition) is 0. The van der Waals surface area contributed by atoms with Crippen LogP contribution in [0.3, 0.4) is 0 Å². The van der Waals surface area contributed by atoms with E-state index in [1.165, 1.54) is 32.1 Å². The van der Waals surface area contributed by atoms with E-state index >= 15 is 0 Å². The topological polar surface area (TPSA) is 77.8 Å². The second-order valence-electron chi connectivity index (χ2n) is 6.25. The monoisotopic (exact) mass is 324 g/mol. The standard InChI is InChI=1S/C18H20N4O2/c1-3-7-13(8-4-1)17-19-15(24-22-17)11-12-16-20-21-18(23-16)14-9-5-2-6-10-14/h2,5-6,9-10,13H,1,3-4,7-8,11-12H2. The summed E-state index contributed by atoms with van der Waals surface area (Å²) in [5.41, 5.74) is 0.925. The van der Waals surface area contributed by atoms with Gasteiger partial charge >= 0.3 is 0 Å². The van der Waals surface area contributed by atoms with E-state index in [0.29, 0.717) is 36.4 Å².